The molecule has 1 aromatic carbocycles. The van der Waals surface area contributed by atoms with Crippen molar-refractivity contribution in [2.24, 2.45) is 0 Å². The summed E-state index contributed by atoms with van der Waals surface area (Å²) in [4.78, 5) is 11.9. The summed E-state index contributed by atoms with van der Waals surface area (Å²) < 4.78 is 14.9. The van der Waals surface area contributed by atoms with Gasteiger partial charge in [0.2, 0.25) is 5.91 Å². The van der Waals surface area contributed by atoms with Gasteiger partial charge in [0.1, 0.15) is 11.6 Å². The van der Waals surface area contributed by atoms with Gasteiger partial charge >= 0.3 is 0 Å². The van der Waals surface area contributed by atoms with Gasteiger partial charge in [0.15, 0.2) is 5.16 Å². The van der Waals surface area contributed by atoms with Crippen LogP contribution < -0.4 is 5.32 Å². The first kappa shape index (κ1) is 16.0. The van der Waals surface area contributed by atoms with Gasteiger partial charge in [-0.3, -0.25) is 4.79 Å². The summed E-state index contributed by atoms with van der Waals surface area (Å²) in [5.74, 6) is 1.54. The third kappa shape index (κ3) is 4.10. The first-order chi connectivity index (χ1) is 11.2. The maximum absolute atomic E-state index is 12.8. The number of carbonyl (C=O) groups is 1. The van der Waals surface area contributed by atoms with Crippen molar-refractivity contribution in [2.45, 2.75) is 43.9 Å². The van der Waals surface area contributed by atoms with Crippen LogP contribution in [0.2, 0.25) is 0 Å². The summed E-state index contributed by atoms with van der Waals surface area (Å²) in [6.45, 7) is 3.28. The third-order valence-electron chi connectivity index (χ3n) is 3.74. The lowest BCUT2D eigenvalue weighted by Crippen LogP contribution is -2.24. The van der Waals surface area contributed by atoms with Crippen molar-refractivity contribution < 1.29 is 9.18 Å². The normalized spacial score (nSPS) is 14.0. The van der Waals surface area contributed by atoms with Gasteiger partial charge < -0.3 is 9.88 Å². The smallest absolute Gasteiger partial charge is 0.230 e. The monoisotopic (exact) mass is 334 g/mol. The zero-order chi connectivity index (χ0) is 16.2. The molecule has 7 heteroatoms. The largest absolute Gasteiger partial charge is 0.351 e. The Morgan fingerprint density at radius 2 is 2.09 bits per heavy atom. The Kier molecular flexibility index (Phi) is 4.95. The van der Waals surface area contributed by atoms with E-state index in [1.54, 1.807) is 12.1 Å². The summed E-state index contributed by atoms with van der Waals surface area (Å²) in [6, 6.07) is 6.11. The molecule has 122 valence electrons. The first-order valence-electron chi connectivity index (χ1n) is 7.74. The van der Waals surface area contributed by atoms with Crippen molar-refractivity contribution in [3.63, 3.8) is 0 Å². The van der Waals surface area contributed by atoms with Gasteiger partial charge in [-0.05, 0) is 37.5 Å². The number of aromatic nitrogens is 3. The van der Waals surface area contributed by atoms with Gasteiger partial charge in [-0.2, -0.15) is 0 Å². The van der Waals surface area contributed by atoms with Crippen LogP contribution in [-0.2, 0) is 17.9 Å². The quantitative estimate of drug-likeness (QED) is 0.791. The molecule has 0 aliphatic heterocycles. The molecule has 0 atom stereocenters. The second kappa shape index (κ2) is 7.12. The molecule has 1 fully saturated rings. The average Bonchev–Trinajstić information content (AvgIpc) is 3.32. The molecule has 23 heavy (non-hydrogen) atoms. The number of hydrogen-bond acceptors (Lipinski definition) is 4. The topological polar surface area (TPSA) is 59.8 Å². The van der Waals surface area contributed by atoms with Crippen LogP contribution in [0, 0.1) is 5.82 Å². The number of rotatable bonds is 7. The van der Waals surface area contributed by atoms with Gasteiger partial charge in [-0.25, -0.2) is 4.39 Å². The van der Waals surface area contributed by atoms with Crippen molar-refractivity contribution in [1.82, 2.24) is 20.1 Å². The molecule has 5 nitrogen and oxygen atoms in total. The van der Waals surface area contributed by atoms with Gasteiger partial charge in [0.25, 0.3) is 0 Å². The number of hydrogen-bond donors (Lipinski definition) is 1. The fraction of sp³-hybridized carbons (Fsp3) is 0.438. The highest BCUT2D eigenvalue weighted by atomic mass is 32.2. The second-order valence-electron chi connectivity index (χ2n) is 5.55. The highest BCUT2D eigenvalue weighted by Crippen LogP contribution is 2.39. The Morgan fingerprint density at radius 3 is 2.74 bits per heavy atom. The lowest BCUT2D eigenvalue weighted by atomic mass is 10.2. The summed E-state index contributed by atoms with van der Waals surface area (Å²) in [5, 5.41) is 12.1. The van der Waals surface area contributed by atoms with E-state index in [2.05, 4.69) is 27.0 Å². The number of halogens is 1. The number of carbonyl (C=O) groups excluding carboxylic acids is 1. The second-order valence-corrected chi connectivity index (χ2v) is 6.49. The van der Waals surface area contributed by atoms with Crippen molar-refractivity contribution in [3.8, 4) is 0 Å². The van der Waals surface area contributed by atoms with E-state index in [9.17, 15) is 9.18 Å². The minimum Gasteiger partial charge on any atom is -0.351 e. The number of benzene rings is 1. The van der Waals surface area contributed by atoms with Gasteiger partial charge in [-0.1, -0.05) is 23.9 Å². The van der Waals surface area contributed by atoms with Crippen molar-refractivity contribution in [1.29, 1.82) is 0 Å². The molecule has 1 amide bonds. The number of nitrogens with one attached hydrogen (secondary N) is 1. The van der Waals surface area contributed by atoms with Crippen LogP contribution in [0.1, 0.15) is 37.1 Å². The molecule has 1 aliphatic rings. The fourth-order valence-corrected chi connectivity index (χ4v) is 3.17. The Bertz CT molecular complexity index is 682. The predicted molar refractivity (Wildman–Crippen MR) is 86.6 cm³/mol. The molecule has 0 unspecified atom stereocenters. The molecule has 0 saturated heterocycles. The molecule has 3 rings (SSSR count). The molecule has 1 N–H and O–H groups in total. The number of amides is 1. The van der Waals surface area contributed by atoms with Crippen LogP contribution in [0.4, 0.5) is 4.39 Å². The molecular weight excluding hydrogens is 315 g/mol. The Morgan fingerprint density at radius 1 is 1.35 bits per heavy atom. The highest BCUT2D eigenvalue weighted by Gasteiger charge is 2.30. The van der Waals surface area contributed by atoms with Crippen LogP contribution in [0.15, 0.2) is 29.4 Å². The molecule has 1 aromatic heterocycles. The summed E-state index contributed by atoms with van der Waals surface area (Å²) in [7, 11) is 0. The lowest BCUT2D eigenvalue weighted by molar-refractivity contribution is -0.118. The Hall–Kier alpha value is -1.89. The molecule has 1 saturated carbocycles. The van der Waals surface area contributed by atoms with Crippen LogP contribution in [0.25, 0.3) is 0 Å². The standard InChI is InChI=1S/C16H19FN4OS/c1-2-21-15(12-5-6-12)19-20-16(21)23-10-14(22)18-9-11-3-7-13(17)8-4-11/h3-4,7-8,12H,2,5-6,9-10H2,1H3,(H,18,22). The Balaban J connectivity index is 1.50. The maximum atomic E-state index is 12.8. The molecule has 1 heterocycles. The van der Waals surface area contributed by atoms with Crippen molar-refractivity contribution >= 4 is 17.7 Å². The van der Waals surface area contributed by atoms with Gasteiger partial charge in [0.05, 0.1) is 5.75 Å². The van der Waals surface area contributed by atoms with E-state index in [1.807, 2.05) is 0 Å². The molecule has 0 bridgehead atoms. The van der Waals surface area contributed by atoms with E-state index in [0.717, 1.165) is 23.1 Å². The van der Waals surface area contributed by atoms with E-state index < -0.39 is 0 Å². The van der Waals surface area contributed by atoms with Crippen LogP contribution in [0.5, 0.6) is 0 Å². The molecule has 0 radical (unpaired) electrons. The summed E-state index contributed by atoms with van der Waals surface area (Å²) in [5.41, 5.74) is 0.873. The summed E-state index contributed by atoms with van der Waals surface area (Å²) in [6.07, 6.45) is 2.36. The molecule has 0 spiro atoms. The fourth-order valence-electron chi connectivity index (χ4n) is 2.33. The van der Waals surface area contributed by atoms with Crippen LogP contribution >= 0.6 is 11.8 Å². The van der Waals surface area contributed by atoms with E-state index in [-0.39, 0.29) is 11.7 Å². The molecule has 2 aromatic rings. The summed E-state index contributed by atoms with van der Waals surface area (Å²) >= 11 is 1.40. The zero-order valence-electron chi connectivity index (χ0n) is 13.0. The maximum Gasteiger partial charge on any atom is 0.230 e. The SMILES string of the molecule is CCn1c(SCC(=O)NCc2ccc(F)cc2)nnc1C1CC1. The van der Waals surface area contributed by atoms with E-state index in [4.69, 9.17) is 0 Å². The number of nitrogens with zero attached hydrogens (tertiary/aromatic N) is 3. The number of thioether (sulfide) groups is 1. The third-order valence-corrected chi connectivity index (χ3v) is 4.71. The zero-order valence-corrected chi connectivity index (χ0v) is 13.8. The minimum atomic E-state index is -0.277. The molecular formula is C16H19FN4OS. The van der Waals surface area contributed by atoms with E-state index in [0.29, 0.717) is 18.2 Å². The van der Waals surface area contributed by atoms with E-state index in [1.165, 1.54) is 36.7 Å². The Labute approximate surface area is 138 Å². The van der Waals surface area contributed by atoms with Crippen molar-refractivity contribution in [2.75, 3.05) is 5.75 Å². The van der Waals surface area contributed by atoms with Gasteiger partial charge in [0, 0.05) is 19.0 Å². The minimum absolute atomic E-state index is 0.0713. The lowest BCUT2D eigenvalue weighted by Gasteiger charge is -2.07. The van der Waals surface area contributed by atoms with Crippen LogP contribution in [-0.4, -0.2) is 26.4 Å². The average molecular weight is 334 g/mol. The van der Waals surface area contributed by atoms with E-state index >= 15 is 0 Å². The van der Waals surface area contributed by atoms with Crippen molar-refractivity contribution in [3.05, 3.63) is 41.5 Å². The van der Waals surface area contributed by atoms with Crippen LogP contribution in [0.3, 0.4) is 0 Å². The first-order valence-corrected chi connectivity index (χ1v) is 8.73. The molecule has 1 aliphatic carbocycles. The predicted octanol–water partition coefficient (Wildman–Crippen LogP) is 2.72. The van der Waals surface area contributed by atoms with Gasteiger partial charge in [-0.15, -0.1) is 10.2 Å². The highest BCUT2D eigenvalue weighted by molar-refractivity contribution is 7.99.